The summed E-state index contributed by atoms with van der Waals surface area (Å²) in [5.41, 5.74) is -0.258. The van der Waals surface area contributed by atoms with E-state index in [2.05, 4.69) is 5.32 Å². The fraction of sp³-hybridized carbons (Fsp3) is 0.462. The number of morpholine rings is 1. The van der Waals surface area contributed by atoms with Crippen LogP contribution in [-0.2, 0) is 4.74 Å². The largest absolute Gasteiger partial charge is 0.374 e. The van der Waals surface area contributed by atoms with Gasteiger partial charge in [0.1, 0.15) is 0 Å². The molecule has 104 valence electrons. The van der Waals surface area contributed by atoms with Crippen LogP contribution in [-0.4, -0.2) is 50.2 Å². The van der Waals surface area contributed by atoms with Crippen LogP contribution in [0.15, 0.2) is 18.2 Å². The molecule has 1 aliphatic rings. The van der Waals surface area contributed by atoms with Gasteiger partial charge in [0.25, 0.3) is 5.91 Å². The third-order valence-electron chi connectivity index (χ3n) is 3.01. The molecule has 4 nitrogen and oxygen atoms in total. The van der Waals surface area contributed by atoms with E-state index in [1.807, 2.05) is 0 Å². The number of halogens is 2. The van der Waals surface area contributed by atoms with Crippen molar-refractivity contribution in [3.63, 3.8) is 0 Å². The normalized spacial score (nSPS) is 19.2. The van der Waals surface area contributed by atoms with Crippen LogP contribution in [0.2, 0.25) is 0 Å². The van der Waals surface area contributed by atoms with E-state index >= 15 is 0 Å². The van der Waals surface area contributed by atoms with Crippen LogP contribution < -0.4 is 5.32 Å². The van der Waals surface area contributed by atoms with E-state index in [-0.39, 0.29) is 11.7 Å². The lowest BCUT2D eigenvalue weighted by Gasteiger charge is -2.28. The summed E-state index contributed by atoms with van der Waals surface area (Å²) in [4.78, 5) is 13.4. The Morgan fingerprint density at radius 2 is 2.32 bits per heavy atom. The Balaban J connectivity index is 2.03. The summed E-state index contributed by atoms with van der Waals surface area (Å²) in [7, 11) is 1.55. The molecule has 0 bridgehead atoms. The SMILES string of the molecule is CN(CC1CNCCO1)C(=O)c1cccc(F)c1F. The highest BCUT2D eigenvalue weighted by molar-refractivity contribution is 5.94. The highest BCUT2D eigenvalue weighted by Crippen LogP contribution is 2.13. The summed E-state index contributed by atoms with van der Waals surface area (Å²) in [5, 5.41) is 3.14. The van der Waals surface area contributed by atoms with E-state index in [1.165, 1.54) is 17.0 Å². The summed E-state index contributed by atoms with van der Waals surface area (Å²) in [5.74, 6) is -2.68. The Hall–Kier alpha value is -1.53. The fourth-order valence-corrected chi connectivity index (χ4v) is 2.00. The lowest BCUT2D eigenvalue weighted by Crippen LogP contribution is -2.45. The average Bonchev–Trinajstić information content (AvgIpc) is 2.42. The van der Waals surface area contributed by atoms with Crippen molar-refractivity contribution in [2.75, 3.05) is 33.3 Å². The maximum absolute atomic E-state index is 13.5. The van der Waals surface area contributed by atoms with E-state index in [9.17, 15) is 13.6 Å². The zero-order chi connectivity index (χ0) is 13.8. The minimum Gasteiger partial charge on any atom is -0.374 e. The van der Waals surface area contributed by atoms with Crippen molar-refractivity contribution >= 4 is 5.91 Å². The average molecular weight is 270 g/mol. The molecule has 0 aliphatic carbocycles. The van der Waals surface area contributed by atoms with Gasteiger partial charge >= 0.3 is 0 Å². The Kier molecular flexibility index (Phi) is 4.44. The predicted molar refractivity (Wildman–Crippen MR) is 65.9 cm³/mol. The van der Waals surface area contributed by atoms with E-state index in [4.69, 9.17) is 4.74 Å². The van der Waals surface area contributed by atoms with Gasteiger partial charge in [-0.1, -0.05) is 6.07 Å². The van der Waals surface area contributed by atoms with Crippen LogP contribution in [0.4, 0.5) is 8.78 Å². The number of amides is 1. The second kappa shape index (κ2) is 6.08. The van der Waals surface area contributed by atoms with Gasteiger partial charge in [0.15, 0.2) is 11.6 Å². The number of rotatable bonds is 3. The summed E-state index contributed by atoms with van der Waals surface area (Å²) in [6.45, 7) is 2.35. The van der Waals surface area contributed by atoms with E-state index in [1.54, 1.807) is 7.05 Å². The first kappa shape index (κ1) is 13.9. The van der Waals surface area contributed by atoms with E-state index in [0.29, 0.717) is 19.7 Å². The zero-order valence-electron chi connectivity index (χ0n) is 10.7. The molecule has 0 radical (unpaired) electrons. The van der Waals surface area contributed by atoms with Crippen molar-refractivity contribution < 1.29 is 18.3 Å². The fourth-order valence-electron chi connectivity index (χ4n) is 2.00. The number of likely N-dealkylation sites (N-methyl/N-ethyl adjacent to an activating group) is 1. The van der Waals surface area contributed by atoms with Crippen molar-refractivity contribution in [1.82, 2.24) is 10.2 Å². The van der Waals surface area contributed by atoms with Gasteiger partial charge in [0, 0.05) is 26.7 Å². The second-order valence-corrected chi connectivity index (χ2v) is 4.48. The van der Waals surface area contributed by atoms with Gasteiger partial charge in [-0.15, -0.1) is 0 Å². The molecule has 1 aromatic rings. The Bertz CT molecular complexity index is 462. The van der Waals surface area contributed by atoms with Crippen LogP contribution in [0.25, 0.3) is 0 Å². The molecule has 0 spiro atoms. The summed E-state index contributed by atoms with van der Waals surface area (Å²) < 4.78 is 32.1. The van der Waals surface area contributed by atoms with E-state index in [0.717, 1.165) is 12.6 Å². The number of ether oxygens (including phenoxy) is 1. The summed E-state index contributed by atoms with van der Waals surface area (Å²) in [6, 6.07) is 3.58. The van der Waals surface area contributed by atoms with Crippen LogP contribution in [0.5, 0.6) is 0 Å². The molecule has 1 fully saturated rings. The van der Waals surface area contributed by atoms with Gasteiger partial charge in [-0.05, 0) is 12.1 Å². The van der Waals surface area contributed by atoms with Crippen molar-refractivity contribution in [3.05, 3.63) is 35.4 Å². The van der Waals surface area contributed by atoms with Gasteiger partial charge in [-0.3, -0.25) is 4.79 Å². The first-order valence-corrected chi connectivity index (χ1v) is 6.11. The first-order valence-electron chi connectivity index (χ1n) is 6.11. The van der Waals surface area contributed by atoms with Gasteiger partial charge in [-0.2, -0.15) is 0 Å². The molecule has 1 N–H and O–H groups in total. The Morgan fingerprint density at radius 1 is 1.53 bits per heavy atom. The summed E-state index contributed by atoms with van der Waals surface area (Å²) >= 11 is 0. The molecule has 1 saturated heterocycles. The number of carbonyl (C=O) groups is 1. The van der Waals surface area contributed by atoms with Crippen LogP contribution in [0, 0.1) is 11.6 Å². The maximum Gasteiger partial charge on any atom is 0.256 e. The molecule has 1 heterocycles. The summed E-state index contributed by atoms with van der Waals surface area (Å²) in [6.07, 6.45) is -0.126. The quantitative estimate of drug-likeness (QED) is 0.892. The predicted octanol–water partition coefficient (Wildman–Crippen LogP) is 1.03. The molecule has 1 aromatic carbocycles. The lowest BCUT2D eigenvalue weighted by atomic mass is 10.1. The number of carbonyl (C=O) groups excluding carboxylic acids is 1. The zero-order valence-corrected chi connectivity index (χ0v) is 10.7. The molecule has 1 amide bonds. The van der Waals surface area contributed by atoms with Gasteiger partial charge in [0.05, 0.1) is 18.3 Å². The third kappa shape index (κ3) is 3.27. The number of hydrogen-bond donors (Lipinski definition) is 1. The van der Waals surface area contributed by atoms with Crippen molar-refractivity contribution in [2.45, 2.75) is 6.10 Å². The van der Waals surface area contributed by atoms with Crippen molar-refractivity contribution in [1.29, 1.82) is 0 Å². The van der Waals surface area contributed by atoms with Crippen LogP contribution in [0.3, 0.4) is 0 Å². The number of hydrogen-bond acceptors (Lipinski definition) is 3. The van der Waals surface area contributed by atoms with Crippen LogP contribution >= 0.6 is 0 Å². The lowest BCUT2D eigenvalue weighted by molar-refractivity contribution is 0.0102. The third-order valence-corrected chi connectivity index (χ3v) is 3.01. The van der Waals surface area contributed by atoms with E-state index < -0.39 is 17.5 Å². The standard InChI is InChI=1S/C13H16F2N2O2/c1-17(8-9-7-16-5-6-19-9)13(18)10-3-2-4-11(14)12(10)15/h2-4,9,16H,5-8H2,1H3. The molecular weight excluding hydrogens is 254 g/mol. The molecule has 19 heavy (non-hydrogen) atoms. The molecule has 0 aromatic heterocycles. The highest BCUT2D eigenvalue weighted by atomic mass is 19.2. The molecule has 1 atom stereocenters. The molecule has 1 unspecified atom stereocenters. The van der Waals surface area contributed by atoms with Gasteiger partial charge < -0.3 is 15.0 Å². The highest BCUT2D eigenvalue weighted by Gasteiger charge is 2.22. The second-order valence-electron chi connectivity index (χ2n) is 4.48. The van der Waals surface area contributed by atoms with Gasteiger partial charge in [0.2, 0.25) is 0 Å². The van der Waals surface area contributed by atoms with Crippen molar-refractivity contribution in [3.8, 4) is 0 Å². The van der Waals surface area contributed by atoms with Crippen molar-refractivity contribution in [2.24, 2.45) is 0 Å². The number of nitrogens with zero attached hydrogens (tertiary/aromatic N) is 1. The first-order chi connectivity index (χ1) is 9.09. The maximum atomic E-state index is 13.5. The molecule has 1 aliphatic heterocycles. The van der Waals surface area contributed by atoms with Gasteiger partial charge in [-0.25, -0.2) is 8.78 Å². The van der Waals surface area contributed by atoms with Crippen LogP contribution in [0.1, 0.15) is 10.4 Å². The Morgan fingerprint density at radius 3 is 3.00 bits per heavy atom. The molecule has 6 heteroatoms. The smallest absolute Gasteiger partial charge is 0.256 e. The molecule has 2 rings (SSSR count). The monoisotopic (exact) mass is 270 g/mol. The Labute approximate surface area is 110 Å². The minimum atomic E-state index is -1.11. The number of benzene rings is 1. The molecular formula is C13H16F2N2O2. The molecule has 0 saturated carbocycles. The topological polar surface area (TPSA) is 41.6 Å². The minimum absolute atomic E-state index is 0.126. The number of nitrogens with one attached hydrogen (secondary N) is 1.